The van der Waals surface area contributed by atoms with Crippen molar-refractivity contribution in [1.29, 1.82) is 0 Å². The number of rotatable bonds is 4. The van der Waals surface area contributed by atoms with Crippen molar-refractivity contribution in [3.05, 3.63) is 35.9 Å². The van der Waals surface area contributed by atoms with Gasteiger partial charge in [0.1, 0.15) is 12.6 Å². The molecule has 25 heavy (non-hydrogen) atoms. The fraction of sp³-hybridized carbons (Fsp3) is 0.727. The lowest BCUT2D eigenvalue weighted by Gasteiger charge is -2.41. The number of benzene rings is 1. The van der Waals surface area contributed by atoms with Crippen LogP contribution in [-0.2, 0) is 15.3 Å². The van der Waals surface area contributed by atoms with Gasteiger partial charge in [0.2, 0.25) is 0 Å². The van der Waals surface area contributed by atoms with Crippen molar-refractivity contribution in [3.8, 4) is 0 Å². The largest absolute Gasteiger partial charge is 0.343 e. The summed E-state index contributed by atoms with van der Waals surface area (Å²) in [5, 5.41) is 0. The van der Waals surface area contributed by atoms with Gasteiger partial charge < -0.3 is 14.0 Å². The molecular weight excluding hydrogens is 310 g/mol. The van der Waals surface area contributed by atoms with Crippen LogP contribution >= 0.6 is 0 Å². The third-order valence-electron chi connectivity index (χ3n) is 6.68. The van der Waals surface area contributed by atoms with Crippen molar-refractivity contribution in [2.75, 3.05) is 33.3 Å². The Labute approximate surface area is 152 Å². The van der Waals surface area contributed by atoms with Crippen molar-refractivity contribution in [1.82, 2.24) is 0 Å². The topological polar surface area (TPSA) is 18.5 Å². The maximum Gasteiger partial charge on any atom is 0.198 e. The van der Waals surface area contributed by atoms with Gasteiger partial charge in [-0.15, -0.1) is 0 Å². The molecule has 3 aliphatic rings. The predicted molar refractivity (Wildman–Crippen MR) is 100 cm³/mol. The third kappa shape index (κ3) is 3.65. The Morgan fingerprint density at radius 2 is 1.64 bits per heavy atom. The lowest BCUT2D eigenvalue weighted by Crippen LogP contribution is -2.52. The zero-order valence-corrected chi connectivity index (χ0v) is 15.8. The van der Waals surface area contributed by atoms with E-state index in [1.807, 2.05) is 0 Å². The van der Waals surface area contributed by atoms with E-state index in [0.29, 0.717) is 5.92 Å². The zero-order valence-electron chi connectivity index (χ0n) is 15.8. The van der Waals surface area contributed by atoms with E-state index in [9.17, 15) is 0 Å². The highest BCUT2D eigenvalue weighted by atomic mass is 16.7. The van der Waals surface area contributed by atoms with Gasteiger partial charge in [-0.05, 0) is 32.1 Å². The van der Waals surface area contributed by atoms with Crippen LogP contribution in [0.4, 0.5) is 0 Å². The van der Waals surface area contributed by atoms with Crippen LogP contribution in [0.25, 0.3) is 0 Å². The van der Waals surface area contributed by atoms with Gasteiger partial charge in [-0.3, -0.25) is 0 Å². The van der Waals surface area contributed by atoms with Crippen molar-refractivity contribution in [2.45, 2.75) is 63.3 Å². The zero-order chi connectivity index (χ0) is 17.2. The Kier molecular flexibility index (Phi) is 5.17. The first-order valence-corrected chi connectivity index (χ1v) is 10.4. The van der Waals surface area contributed by atoms with Crippen LogP contribution in [-0.4, -0.2) is 43.9 Å². The van der Waals surface area contributed by atoms with Gasteiger partial charge in [0, 0.05) is 11.5 Å². The molecule has 1 aliphatic carbocycles. The van der Waals surface area contributed by atoms with E-state index in [1.165, 1.54) is 70.0 Å². The average Bonchev–Trinajstić information content (AvgIpc) is 3.08. The molecule has 0 N–H and O–H groups in total. The van der Waals surface area contributed by atoms with E-state index in [2.05, 4.69) is 37.4 Å². The molecule has 138 valence electrons. The SMILES string of the molecule is C[N+]1(C[C@H]2CO[C@](c3ccccc3)(C3CCCCC3)O2)CCCCC1. The number of quaternary nitrogens is 1. The standard InChI is InChI=1S/C22H34NO2/c1-23(15-9-4-10-16-23)17-21-18-24-22(25-21,19-11-5-2-6-12-19)20-13-7-3-8-14-20/h2,5-6,11-12,20-21H,3-4,7-10,13-18H2,1H3/q+1/t21-,22-/m0/s1. The summed E-state index contributed by atoms with van der Waals surface area (Å²) in [5.74, 6) is 0.00157. The van der Waals surface area contributed by atoms with Gasteiger partial charge in [-0.25, -0.2) is 0 Å². The molecule has 0 radical (unpaired) electrons. The average molecular weight is 345 g/mol. The molecule has 0 unspecified atom stereocenters. The van der Waals surface area contributed by atoms with Gasteiger partial charge in [0.25, 0.3) is 0 Å². The minimum atomic E-state index is -0.499. The first-order valence-electron chi connectivity index (χ1n) is 10.4. The molecule has 3 heteroatoms. The van der Waals surface area contributed by atoms with Crippen molar-refractivity contribution in [2.24, 2.45) is 5.92 Å². The Morgan fingerprint density at radius 3 is 2.36 bits per heavy atom. The minimum Gasteiger partial charge on any atom is -0.343 e. The van der Waals surface area contributed by atoms with E-state index in [0.717, 1.165) is 17.6 Å². The van der Waals surface area contributed by atoms with Crippen LogP contribution in [0.3, 0.4) is 0 Å². The second kappa shape index (κ2) is 7.38. The highest BCUT2D eigenvalue weighted by Gasteiger charge is 2.50. The van der Waals surface area contributed by atoms with Gasteiger partial charge in [-0.2, -0.15) is 0 Å². The summed E-state index contributed by atoms with van der Waals surface area (Å²) in [5.41, 5.74) is 1.23. The van der Waals surface area contributed by atoms with E-state index in [-0.39, 0.29) is 6.10 Å². The van der Waals surface area contributed by atoms with E-state index < -0.39 is 5.79 Å². The summed E-state index contributed by atoms with van der Waals surface area (Å²) in [6.45, 7) is 4.43. The van der Waals surface area contributed by atoms with Gasteiger partial charge in [-0.1, -0.05) is 49.6 Å². The maximum atomic E-state index is 6.80. The molecule has 1 saturated carbocycles. The van der Waals surface area contributed by atoms with Crippen LogP contribution in [0.5, 0.6) is 0 Å². The normalized spacial score (nSPS) is 33.4. The Bertz CT molecular complexity index is 548. The molecule has 0 amide bonds. The molecule has 2 aliphatic heterocycles. The first kappa shape index (κ1) is 17.5. The summed E-state index contributed by atoms with van der Waals surface area (Å²) in [6.07, 6.45) is 10.8. The quantitative estimate of drug-likeness (QED) is 0.751. The molecule has 3 fully saturated rings. The molecule has 4 rings (SSSR count). The second-order valence-electron chi connectivity index (χ2n) is 8.73. The summed E-state index contributed by atoms with van der Waals surface area (Å²) < 4.78 is 14.5. The van der Waals surface area contributed by atoms with E-state index in [4.69, 9.17) is 9.47 Å². The van der Waals surface area contributed by atoms with Crippen LogP contribution in [0.15, 0.2) is 30.3 Å². The number of ether oxygens (including phenoxy) is 2. The molecule has 2 saturated heterocycles. The number of hydrogen-bond donors (Lipinski definition) is 0. The smallest absolute Gasteiger partial charge is 0.198 e. The molecule has 0 aromatic heterocycles. The lowest BCUT2D eigenvalue weighted by molar-refractivity contribution is -0.916. The monoisotopic (exact) mass is 344 g/mol. The Balaban J connectivity index is 1.53. The molecule has 0 spiro atoms. The van der Waals surface area contributed by atoms with Gasteiger partial charge in [0.05, 0.1) is 26.7 Å². The molecule has 3 nitrogen and oxygen atoms in total. The summed E-state index contributed by atoms with van der Waals surface area (Å²) >= 11 is 0. The number of hydrogen-bond acceptors (Lipinski definition) is 2. The first-order chi connectivity index (χ1) is 12.2. The molecule has 1 aromatic carbocycles. The highest BCUT2D eigenvalue weighted by Crippen LogP contribution is 2.47. The maximum absolute atomic E-state index is 6.80. The predicted octanol–water partition coefficient (Wildman–Crippen LogP) is 4.47. The Hall–Kier alpha value is -0.900. The second-order valence-corrected chi connectivity index (χ2v) is 8.73. The van der Waals surface area contributed by atoms with Crippen molar-refractivity contribution < 1.29 is 14.0 Å². The summed E-state index contributed by atoms with van der Waals surface area (Å²) in [4.78, 5) is 0. The molecular formula is C22H34NO2+. The van der Waals surface area contributed by atoms with Crippen LogP contribution < -0.4 is 0 Å². The number of nitrogens with zero attached hydrogens (tertiary/aromatic N) is 1. The fourth-order valence-corrected chi connectivity index (χ4v) is 5.33. The molecule has 0 bridgehead atoms. The highest BCUT2D eigenvalue weighted by molar-refractivity contribution is 5.22. The number of piperidine rings is 1. The molecule has 1 aromatic rings. The van der Waals surface area contributed by atoms with Gasteiger partial charge >= 0.3 is 0 Å². The third-order valence-corrected chi connectivity index (χ3v) is 6.68. The van der Waals surface area contributed by atoms with Crippen LogP contribution in [0.2, 0.25) is 0 Å². The van der Waals surface area contributed by atoms with Crippen molar-refractivity contribution >= 4 is 0 Å². The van der Waals surface area contributed by atoms with E-state index in [1.54, 1.807) is 0 Å². The van der Waals surface area contributed by atoms with Crippen LogP contribution in [0, 0.1) is 5.92 Å². The summed E-state index contributed by atoms with van der Waals surface area (Å²) in [6, 6.07) is 10.7. The number of likely N-dealkylation sites (tertiary alicyclic amines) is 1. The summed E-state index contributed by atoms with van der Waals surface area (Å²) in [7, 11) is 2.41. The Morgan fingerprint density at radius 1 is 0.960 bits per heavy atom. The number of likely N-dealkylation sites (N-methyl/N-ethyl adjacent to an activating group) is 1. The molecule has 2 heterocycles. The van der Waals surface area contributed by atoms with Crippen molar-refractivity contribution in [3.63, 3.8) is 0 Å². The van der Waals surface area contributed by atoms with E-state index >= 15 is 0 Å². The fourth-order valence-electron chi connectivity index (χ4n) is 5.33. The molecule has 2 atom stereocenters. The minimum absolute atomic E-state index is 0.227. The lowest BCUT2D eigenvalue weighted by atomic mass is 9.80. The van der Waals surface area contributed by atoms with Crippen LogP contribution in [0.1, 0.15) is 56.9 Å². The van der Waals surface area contributed by atoms with Gasteiger partial charge in [0.15, 0.2) is 5.79 Å².